The Morgan fingerprint density at radius 2 is 1.89 bits per heavy atom. The first-order chi connectivity index (χ1) is 17.1. The Morgan fingerprint density at radius 1 is 1.22 bits per heavy atom. The lowest BCUT2D eigenvalue weighted by molar-refractivity contribution is -0.136. The number of methoxy groups -OCH3 is 1. The summed E-state index contributed by atoms with van der Waals surface area (Å²) in [5.74, 6) is -1.12. The fraction of sp³-hybridized carbons (Fsp3) is 0.448. The first-order valence-electron chi connectivity index (χ1n) is 12.2. The zero-order chi connectivity index (χ0) is 27.4. The Hall–Kier alpha value is -2.77. The minimum Gasteiger partial charge on any atom is -0.481 e. The molecule has 36 heavy (non-hydrogen) atoms. The molecule has 1 aliphatic heterocycles. The highest BCUT2D eigenvalue weighted by atomic mass is 32.2. The summed E-state index contributed by atoms with van der Waals surface area (Å²) in [6.45, 7) is 18.5. The van der Waals surface area contributed by atoms with Crippen LogP contribution in [0.1, 0.15) is 53.9 Å². The van der Waals surface area contributed by atoms with Gasteiger partial charge in [-0.3, -0.25) is 14.1 Å². The van der Waals surface area contributed by atoms with Crippen LogP contribution in [-0.4, -0.2) is 52.3 Å². The van der Waals surface area contributed by atoms with E-state index in [0.29, 0.717) is 19.6 Å². The molecule has 2 atom stereocenters. The van der Waals surface area contributed by atoms with Crippen LogP contribution >= 0.6 is 0 Å². The highest BCUT2D eigenvalue weighted by Crippen LogP contribution is 2.39. The fourth-order valence-electron chi connectivity index (χ4n) is 4.40. The number of carboxylic acid groups (broad SMARTS) is 1. The van der Waals surface area contributed by atoms with Crippen molar-refractivity contribution in [1.29, 1.82) is 0 Å². The van der Waals surface area contributed by atoms with Gasteiger partial charge in [0.05, 0.1) is 25.3 Å². The van der Waals surface area contributed by atoms with E-state index in [9.17, 15) is 14.1 Å². The molecule has 0 fully saturated rings. The van der Waals surface area contributed by atoms with Gasteiger partial charge in [-0.2, -0.15) is 0 Å². The van der Waals surface area contributed by atoms with Gasteiger partial charge in [0.25, 0.3) is 0 Å². The van der Waals surface area contributed by atoms with Crippen LogP contribution in [0.3, 0.4) is 0 Å². The Bertz CT molecular complexity index is 1060. The van der Waals surface area contributed by atoms with E-state index in [4.69, 9.17) is 4.74 Å². The van der Waals surface area contributed by atoms with Crippen molar-refractivity contribution in [2.45, 2.75) is 53.9 Å². The first kappa shape index (κ1) is 31.3. The van der Waals surface area contributed by atoms with Crippen molar-refractivity contribution in [3.8, 4) is 0 Å². The van der Waals surface area contributed by atoms with Gasteiger partial charge in [-0.25, -0.2) is 4.21 Å². The Morgan fingerprint density at radius 3 is 2.36 bits per heavy atom. The number of carbonyl (C=O) groups is 1. The standard InChI is InChI=1S/C29H42N2O4S/c1-10-20(5)14-15-23(11-2)25(13-4)26(18-27(32)33)21(6)29-22(7)28(30-16-17-35-8)24(12-3)19-31(29)36(9)34/h10,12,14-16,22H,1,3,11,13,17-19H2,2,4-9H3,(H,32,33)/b20-14-,23-15+,26-25+,29-21+,30-16?. The van der Waals surface area contributed by atoms with E-state index < -0.39 is 17.0 Å². The van der Waals surface area contributed by atoms with E-state index in [1.54, 1.807) is 31.7 Å². The van der Waals surface area contributed by atoms with E-state index in [0.717, 1.165) is 51.3 Å². The molecule has 0 saturated heterocycles. The summed E-state index contributed by atoms with van der Waals surface area (Å²) < 4.78 is 19.9. The normalized spacial score (nSPS) is 20.4. The van der Waals surface area contributed by atoms with E-state index in [-0.39, 0.29) is 12.3 Å². The first-order valence-corrected chi connectivity index (χ1v) is 13.7. The zero-order valence-electron chi connectivity index (χ0n) is 22.9. The molecule has 1 heterocycles. The smallest absolute Gasteiger partial charge is 0.307 e. The van der Waals surface area contributed by atoms with Crippen LogP contribution in [-0.2, 0) is 20.5 Å². The molecule has 0 aromatic heterocycles. The van der Waals surface area contributed by atoms with Crippen LogP contribution in [0.2, 0.25) is 0 Å². The van der Waals surface area contributed by atoms with E-state index in [2.05, 4.69) is 25.1 Å². The maximum atomic E-state index is 12.9. The molecular weight excluding hydrogens is 472 g/mol. The molecule has 0 saturated carbocycles. The van der Waals surface area contributed by atoms with Crippen LogP contribution in [0, 0.1) is 5.92 Å². The molecule has 0 aromatic carbocycles. The van der Waals surface area contributed by atoms with Gasteiger partial charge in [0.2, 0.25) is 0 Å². The predicted octanol–water partition coefficient (Wildman–Crippen LogP) is 6.31. The predicted molar refractivity (Wildman–Crippen MR) is 152 cm³/mol. The number of aliphatic imine (C=N–C) groups is 1. The van der Waals surface area contributed by atoms with E-state index in [1.807, 2.05) is 44.2 Å². The molecule has 0 spiro atoms. The van der Waals surface area contributed by atoms with Crippen LogP contribution in [0.25, 0.3) is 0 Å². The third kappa shape index (κ3) is 8.14. The van der Waals surface area contributed by atoms with Crippen molar-refractivity contribution >= 4 is 23.2 Å². The molecule has 2 unspecified atom stereocenters. The molecule has 0 radical (unpaired) electrons. The number of aliphatic carboxylic acids is 1. The topological polar surface area (TPSA) is 79.2 Å². The average molecular weight is 515 g/mol. The SMILES string of the molecule is C=CC1=C(N=CCOC)C(C)\C(=C(C)/C(CC(=O)O)=C(CC)/C(=C/C=C(/C)C=C)CC)N(S(C)=O)C1. The van der Waals surface area contributed by atoms with Crippen LogP contribution < -0.4 is 0 Å². The van der Waals surface area contributed by atoms with Gasteiger partial charge in [-0.15, -0.1) is 0 Å². The van der Waals surface area contributed by atoms with Gasteiger partial charge >= 0.3 is 5.97 Å². The van der Waals surface area contributed by atoms with Gasteiger partial charge in [0, 0.05) is 31.2 Å². The molecule has 198 valence electrons. The number of ether oxygens (including phenoxy) is 1. The zero-order valence-corrected chi connectivity index (χ0v) is 23.7. The third-order valence-corrected chi connectivity index (χ3v) is 7.23. The van der Waals surface area contributed by atoms with Crippen molar-refractivity contribution in [2.75, 3.05) is 26.5 Å². The number of allylic oxidation sites excluding steroid dienone is 7. The lowest BCUT2D eigenvalue weighted by atomic mass is 9.84. The fourth-order valence-corrected chi connectivity index (χ4v) is 5.29. The lowest BCUT2D eigenvalue weighted by Gasteiger charge is -2.37. The minimum atomic E-state index is -1.32. The van der Waals surface area contributed by atoms with E-state index >= 15 is 0 Å². The second-order valence-corrected chi connectivity index (χ2v) is 9.90. The molecule has 0 aliphatic carbocycles. The third-order valence-electron chi connectivity index (χ3n) is 6.28. The quantitative estimate of drug-likeness (QED) is 0.231. The van der Waals surface area contributed by atoms with Crippen molar-refractivity contribution in [3.05, 3.63) is 82.3 Å². The number of hydrogen-bond acceptors (Lipinski definition) is 4. The second-order valence-electron chi connectivity index (χ2n) is 8.62. The van der Waals surface area contributed by atoms with Crippen LogP contribution in [0.5, 0.6) is 0 Å². The molecule has 1 aliphatic rings. The molecule has 0 amide bonds. The van der Waals surface area contributed by atoms with Crippen molar-refractivity contribution < 1.29 is 18.8 Å². The van der Waals surface area contributed by atoms with Crippen LogP contribution in [0.4, 0.5) is 0 Å². The maximum Gasteiger partial charge on any atom is 0.307 e. The van der Waals surface area contributed by atoms with Crippen LogP contribution in [0.15, 0.2) is 87.3 Å². The Labute approximate surface area is 219 Å². The average Bonchev–Trinajstić information content (AvgIpc) is 2.85. The summed E-state index contributed by atoms with van der Waals surface area (Å²) >= 11 is 0. The number of rotatable bonds is 13. The number of hydrogen-bond donors (Lipinski definition) is 1. The maximum absolute atomic E-state index is 12.9. The van der Waals surface area contributed by atoms with Gasteiger partial charge in [-0.1, -0.05) is 63.8 Å². The summed E-state index contributed by atoms with van der Waals surface area (Å²) in [5, 5.41) is 9.87. The van der Waals surface area contributed by atoms with Gasteiger partial charge in [0.1, 0.15) is 11.0 Å². The molecule has 0 aromatic rings. The van der Waals surface area contributed by atoms with Crippen molar-refractivity contribution in [2.24, 2.45) is 10.9 Å². The lowest BCUT2D eigenvalue weighted by Crippen LogP contribution is -2.36. The van der Waals surface area contributed by atoms with Crippen molar-refractivity contribution in [3.63, 3.8) is 0 Å². The Kier molecular flexibility index (Phi) is 13.3. The second kappa shape index (κ2) is 15.4. The molecule has 1 rings (SSSR count). The van der Waals surface area contributed by atoms with Gasteiger partial charge in [-0.05, 0) is 54.6 Å². The number of carboxylic acids is 1. The molecule has 1 N–H and O–H groups in total. The summed E-state index contributed by atoms with van der Waals surface area (Å²) in [4.78, 5) is 16.7. The monoisotopic (exact) mass is 514 g/mol. The molecule has 6 nitrogen and oxygen atoms in total. The highest BCUT2D eigenvalue weighted by molar-refractivity contribution is 7.82. The summed E-state index contributed by atoms with van der Waals surface area (Å²) in [5.41, 5.74) is 7.20. The minimum absolute atomic E-state index is 0.128. The Balaban J connectivity index is 4.02. The summed E-state index contributed by atoms with van der Waals surface area (Å²) in [6.07, 6.45) is 12.2. The molecule has 7 heteroatoms. The summed E-state index contributed by atoms with van der Waals surface area (Å²) in [7, 11) is 0.284. The van der Waals surface area contributed by atoms with Crippen molar-refractivity contribution in [1.82, 2.24) is 4.31 Å². The number of nitrogens with zero attached hydrogens (tertiary/aromatic N) is 2. The molecule has 0 bridgehead atoms. The van der Waals surface area contributed by atoms with Gasteiger partial charge in [0.15, 0.2) is 0 Å². The largest absolute Gasteiger partial charge is 0.481 e. The highest BCUT2D eigenvalue weighted by Gasteiger charge is 2.33. The summed E-state index contributed by atoms with van der Waals surface area (Å²) in [6, 6.07) is 0. The van der Waals surface area contributed by atoms with Gasteiger partial charge < -0.3 is 9.84 Å². The van der Waals surface area contributed by atoms with E-state index in [1.165, 1.54) is 0 Å². The molecular formula is C29H42N2O4S.